The Balaban J connectivity index is 1.71. The fourth-order valence-electron chi connectivity index (χ4n) is 2.03. The summed E-state index contributed by atoms with van der Waals surface area (Å²) in [5.74, 6) is 0.325. The van der Waals surface area contributed by atoms with Gasteiger partial charge in [0.1, 0.15) is 0 Å². The number of carbonyl (C=O) groups excluding carboxylic acids is 1. The van der Waals surface area contributed by atoms with Crippen LogP contribution in [0.4, 0.5) is 0 Å². The third-order valence-corrected chi connectivity index (χ3v) is 4.44. The first-order valence-electron chi connectivity index (χ1n) is 6.84. The summed E-state index contributed by atoms with van der Waals surface area (Å²) < 4.78 is 5.21. The monoisotopic (exact) mass is 295 g/mol. The van der Waals surface area contributed by atoms with E-state index < -0.39 is 5.60 Å². The molecular weight excluding hydrogens is 274 g/mol. The average Bonchev–Trinajstić information content (AvgIpc) is 2.45. The third-order valence-electron chi connectivity index (χ3n) is 3.43. The molecule has 2 N–H and O–H groups in total. The van der Waals surface area contributed by atoms with Crippen molar-refractivity contribution < 1.29 is 14.6 Å². The quantitative estimate of drug-likeness (QED) is 0.813. The SMILES string of the molecule is Cc1ccc(SCC(=O)NCC2(O)CCOCC2)cc1. The first-order chi connectivity index (χ1) is 9.57. The van der Waals surface area contributed by atoms with E-state index in [0.717, 1.165) is 4.90 Å². The van der Waals surface area contributed by atoms with Crippen molar-refractivity contribution in [2.24, 2.45) is 0 Å². The van der Waals surface area contributed by atoms with Crippen LogP contribution in [0.5, 0.6) is 0 Å². The highest BCUT2D eigenvalue weighted by molar-refractivity contribution is 8.00. The number of hydrogen-bond acceptors (Lipinski definition) is 4. The summed E-state index contributed by atoms with van der Waals surface area (Å²) >= 11 is 1.50. The Morgan fingerprint density at radius 3 is 2.65 bits per heavy atom. The Morgan fingerprint density at radius 2 is 2.00 bits per heavy atom. The molecule has 0 unspecified atom stereocenters. The number of nitrogens with one attached hydrogen (secondary N) is 1. The fraction of sp³-hybridized carbons (Fsp3) is 0.533. The highest BCUT2D eigenvalue weighted by Crippen LogP contribution is 2.20. The predicted molar refractivity (Wildman–Crippen MR) is 79.9 cm³/mol. The molecule has 1 aromatic carbocycles. The van der Waals surface area contributed by atoms with Crippen molar-refractivity contribution in [3.8, 4) is 0 Å². The predicted octanol–water partition coefficient (Wildman–Crippen LogP) is 1.74. The maximum Gasteiger partial charge on any atom is 0.230 e. The fourth-order valence-corrected chi connectivity index (χ4v) is 2.75. The molecular formula is C15H21NO3S. The van der Waals surface area contributed by atoms with Gasteiger partial charge in [-0.1, -0.05) is 17.7 Å². The summed E-state index contributed by atoms with van der Waals surface area (Å²) in [5, 5.41) is 13.0. The smallest absolute Gasteiger partial charge is 0.230 e. The number of rotatable bonds is 5. The maximum atomic E-state index is 11.8. The summed E-state index contributed by atoms with van der Waals surface area (Å²) in [6.45, 7) is 3.47. The minimum Gasteiger partial charge on any atom is -0.388 e. The number of aliphatic hydroxyl groups is 1. The van der Waals surface area contributed by atoms with Gasteiger partial charge in [0.05, 0.1) is 11.4 Å². The summed E-state index contributed by atoms with van der Waals surface area (Å²) in [6.07, 6.45) is 1.16. The standard InChI is InChI=1S/C15H21NO3S/c1-12-2-4-13(5-3-12)20-10-14(17)16-11-15(18)6-8-19-9-7-15/h2-5,18H,6-11H2,1H3,(H,16,17). The summed E-state index contributed by atoms with van der Waals surface area (Å²) in [4.78, 5) is 12.9. The van der Waals surface area contributed by atoms with Crippen molar-refractivity contribution in [1.82, 2.24) is 5.32 Å². The Kier molecular flexibility index (Phi) is 5.46. The molecule has 0 bridgehead atoms. The lowest BCUT2D eigenvalue weighted by molar-refractivity contribution is -0.121. The van der Waals surface area contributed by atoms with E-state index in [9.17, 15) is 9.90 Å². The average molecular weight is 295 g/mol. The van der Waals surface area contributed by atoms with E-state index in [1.165, 1.54) is 17.3 Å². The molecule has 20 heavy (non-hydrogen) atoms. The van der Waals surface area contributed by atoms with Crippen molar-refractivity contribution in [1.29, 1.82) is 0 Å². The van der Waals surface area contributed by atoms with Crippen LogP contribution < -0.4 is 5.32 Å². The largest absolute Gasteiger partial charge is 0.388 e. The lowest BCUT2D eigenvalue weighted by Crippen LogP contribution is -2.47. The second-order valence-electron chi connectivity index (χ2n) is 5.22. The Labute approximate surface area is 123 Å². The van der Waals surface area contributed by atoms with Crippen molar-refractivity contribution in [2.45, 2.75) is 30.3 Å². The van der Waals surface area contributed by atoms with Crippen molar-refractivity contribution in [2.75, 3.05) is 25.5 Å². The summed E-state index contributed by atoms with van der Waals surface area (Å²) in [5.41, 5.74) is 0.406. The van der Waals surface area contributed by atoms with E-state index in [2.05, 4.69) is 5.32 Å². The second kappa shape index (κ2) is 7.11. The van der Waals surface area contributed by atoms with Crippen molar-refractivity contribution in [3.05, 3.63) is 29.8 Å². The lowest BCUT2D eigenvalue weighted by atomic mass is 9.94. The van der Waals surface area contributed by atoms with Gasteiger partial charge in [-0.05, 0) is 19.1 Å². The van der Waals surface area contributed by atoms with Gasteiger partial charge in [0.25, 0.3) is 0 Å². The van der Waals surface area contributed by atoms with Gasteiger partial charge in [-0.25, -0.2) is 0 Å². The van der Waals surface area contributed by atoms with Crippen LogP contribution in [0.2, 0.25) is 0 Å². The van der Waals surface area contributed by atoms with Crippen LogP contribution >= 0.6 is 11.8 Å². The highest BCUT2D eigenvalue weighted by atomic mass is 32.2. The van der Waals surface area contributed by atoms with Crippen LogP contribution in [0.1, 0.15) is 18.4 Å². The molecule has 5 heteroatoms. The van der Waals surface area contributed by atoms with E-state index in [-0.39, 0.29) is 5.91 Å². The van der Waals surface area contributed by atoms with Crippen LogP contribution in [0.3, 0.4) is 0 Å². The molecule has 1 aliphatic rings. The minimum atomic E-state index is -0.803. The normalized spacial score (nSPS) is 17.7. The molecule has 1 aliphatic heterocycles. The number of carbonyl (C=O) groups is 1. The Bertz CT molecular complexity index is 441. The zero-order chi connectivity index (χ0) is 14.4. The van der Waals surface area contributed by atoms with Crippen LogP contribution in [0.15, 0.2) is 29.2 Å². The van der Waals surface area contributed by atoms with Gasteiger partial charge in [0.2, 0.25) is 5.91 Å². The Morgan fingerprint density at radius 1 is 1.35 bits per heavy atom. The highest BCUT2D eigenvalue weighted by Gasteiger charge is 2.29. The topological polar surface area (TPSA) is 58.6 Å². The molecule has 2 rings (SSSR count). The first-order valence-corrected chi connectivity index (χ1v) is 7.82. The van der Waals surface area contributed by atoms with Gasteiger partial charge in [-0.15, -0.1) is 11.8 Å². The molecule has 0 saturated carbocycles. The number of amides is 1. The number of ether oxygens (including phenoxy) is 1. The molecule has 0 atom stereocenters. The molecule has 4 nitrogen and oxygen atoms in total. The molecule has 1 amide bonds. The van der Waals surface area contributed by atoms with Gasteiger partial charge in [0, 0.05) is 37.5 Å². The van der Waals surface area contributed by atoms with Gasteiger partial charge >= 0.3 is 0 Å². The number of aryl methyl sites for hydroxylation is 1. The zero-order valence-electron chi connectivity index (χ0n) is 11.7. The van der Waals surface area contributed by atoms with Gasteiger partial charge in [0.15, 0.2) is 0 Å². The third kappa shape index (κ3) is 4.81. The molecule has 1 saturated heterocycles. The number of benzene rings is 1. The van der Waals surface area contributed by atoms with Crippen LogP contribution in [-0.4, -0.2) is 42.1 Å². The molecule has 0 radical (unpaired) electrons. The van der Waals surface area contributed by atoms with Crippen LogP contribution in [-0.2, 0) is 9.53 Å². The van der Waals surface area contributed by atoms with Gasteiger partial charge < -0.3 is 15.2 Å². The summed E-state index contributed by atoms with van der Waals surface area (Å²) in [6, 6.07) is 8.09. The molecule has 0 aromatic heterocycles. The Hall–Kier alpha value is -1.04. The minimum absolute atomic E-state index is 0.0458. The molecule has 1 fully saturated rings. The molecule has 1 aromatic rings. The lowest BCUT2D eigenvalue weighted by Gasteiger charge is -2.32. The van der Waals surface area contributed by atoms with Gasteiger partial charge in [-0.2, -0.15) is 0 Å². The zero-order valence-corrected chi connectivity index (χ0v) is 12.5. The molecule has 1 heterocycles. The van der Waals surface area contributed by atoms with Gasteiger partial charge in [-0.3, -0.25) is 4.79 Å². The molecule has 0 aliphatic carbocycles. The molecule has 0 spiro atoms. The number of hydrogen-bond donors (Lipinski definition) is 2. The maximum absolute atomic E-state index is 11.8. The van der Waals surface area contributed by atoms with Crippen molar-refractivity contribution in [3.63, 3.8) is 0 Å². The van der Waals surface area contributed by atoms with E-state index in [1.807, 2.05) is 31.2 Å². The number of thioether (sulfide) groups is 1. The molecule has 110 valence electrons. The second-order valence-corrected chi connectivity index (χ2v) is 6.26. The van der Waals surface area contributed by atoms with E-state index in [1.54, 1.807) is 0 Å². The van der Waals surface area contributed by atoms with Crippen LogP contribution in [0.25, 0.3) is 0 Å². The van der Waals surface area contributed by atoms with E-state index >= 15 is 0 Å². The summed E-state index contributed by atoms with van der Waals surface area (Å²) in [7, 11) is 0. The van der Waals surface area contributed by atoms with E-state index in [0.29, 0.717) is 38.4 Å². The van der Waals surface area contributed by atoms with E-state index in [4.69, 9.17) is 4.74 Å². The van der Waals surface area contributed by atoms with Crippen LogP contribution in [0, 0.1) is 6.92 Å². The first kappa shape index (κ1) is 15.4. The van der Waals surface area contributed by atoms with Crippen molar-refractivity contribution >= 4 is 17.7 Å².